The second-order valence-electron chi connectivity index (χ2n) is 5.91. The SMILES string of the molecule is CCCCC(N)CN1CCCC(C)(C)C1. The van der Waals surface area contributed by atoms with Gasteiger partial charge < -0.3 is 10.6 Å². The fraction of sp³-hybridized carbons (Fsp3) is 1.00. The van der Waals surface area contributed by atoms with E-state index in [1.165, 1.54) is 45.2 Å². The van der Waals surface area contributed by atoms with Crippen molar-refractivity contribution in [3.8, 4) is 0 Å². The Kier molecular flexibility index (Phi) is 5.07. The molecule has 0 amide bonds. The van der Waals surface area contributed by atoms with Crippen LogP contribution < -0.4 is 5.73 Å². The van der Waals surface area contributed by atoms with Gasteiger partial charge in [0.1, 0.15) is 0 Å². The van der Waals surface area contributed by atoms with Gasteiger partial charge in [0.2, 0.25) is 0 Å². The average molecular weight is 212 g/mol. The molecule has 1 rings (SSSR count). The predicted octanol–water partition coefficient (Wildman–Crippen LogP) is 2.63. The third-order valence-corrected chi connectivity index (χ3v) is 3.40. The summed E-state index contributed by atoms with van der Waals surface area (Å²) >= 11 is 0. The van der Waals surface area contributed by atoms with Crippen LogP contribution in [0.25, 0.3) is 0 Å². The Hall–Kier alpha value is -0.0800. The van der Waals surface area contributed by atoms with Crippen LogP contribution in [0, 0.1) is 5.41 Å². The fourth-order valence-corrected chi connectivity index (χ4v) is 2.59. The highest BCUT2D eigenvalue weighted by atomic mass is 15.1. The second kappa shape index (κ2) is 5.86. The number of hydrogen-bond donors (Lipinski definition) is 1. The van der Waals surface area contributed by atoms with E-state index < -0.39 is 0 Å². The minimum atomic E-state index is 0.388. The third-order valence-electron chi connectivity index (χ3n) is 3.40. The van der Waals surface area contributed by atoms with E-state index in [-0.39, 0.29) is 0 Å². The smallest absolute Gasteiger partial charge is 0.0167 e. The lowest BCUT2D eigenvalue weighted by Crippen LogP contribution is -2.45. The molecule has 0 saturated carbocycles. The maximum absolute atomic E-state index is 6.14. The summed E-state index contributed by atoms with van der Waals surface area (Å²) in [6.07, 6.45) is 6.44. The number of likely N-dealkylation sites (tertiary alicyclic amines) is 1. The molecule has 2 heteroatoms. The highest BCUT2D eigenvalue weighted by Gasteiger charge is 2.26. The van der Waals surface area contributed by atoms with E-state index in [1.54, 1.807) is 0 Å². The van der Waals surface area contributed by atoms with E-state index in [1.807, 2.05) is 0 Å². The number of unbranched alkanes of at least 4 members (excludes halogenated alkanes) is 1. The summed E-state index contributed by atoms with van der Waals surface area (Å²) in [7, 11) is 0. The maximum atomic E-state index is 6.14. The summed E-state index contributed by atoms with van der Waals surface area (Å²) in [5.74, 6) is 0. The molecule has 1 atom stereocenters. The summed E-state index contributed by atoms with van der Waals surface area (Å²) in [6.45, 7) is 10.6. The molecule has 1 saturated heterocycles. The average Bonchev–Trinajstić information content (AvgIpc) is 2.13. The van der Waals surface area contributed by atoms with Gasteiger partial charge in [-0.15, -0.1) is 0 Å². The summed E-state index contributed by atoms with van der Waals surface area (Å²) in [5, 5.41) is 0. The molecule has 1 fully saturated rings. The lowest BCUT2D eigenvalue weighted by molar-refractivity contribution is 0.111. The number of nitrogens with two attached hydrogens (primary N) is 1. The van der Waals surface area contributed by atoms with Gasteiger partial charge in [0.05, 0.1) is 0 Å². The van der Waals surface area contributed by atoms with Crippen molar-refractivity contribution in [3.05, 3.63) is 0 Å². The molecule has 1 unspecified atom stereocenters. The normalized spacial score (nSPS) is 24.0. The van der Waals surface area contributed by atoms with Crippen molar-refractivity contribution in [3.63, 3.8) is 0 Å². The van der Waals surface area contributed by atoms with E-state index in [0.29, 0.717) is 11.5 Å². The first kappa shape index (κ1) is 13.0. The Labute approximate surface area is 95.2 Å². The van der Waals surface area contributed by atoms with Crippen LogP contribution in [0.5, 0.6) is 0 Å². The van der Waals surface area contributed by atoms with Gasteiger partial charge in [-0.1, -0.05) is 33.6 Å². The standard InChI is InChI=1S/C13H28N2/c1-4-5-7-12(14)10-15-9-6-8-13(2,3)11-15/h12H,4-11,14H2,1-3H3. The molecule has 0 aromatic rings. The summed E-state index contributed by atoms with van der Waals surface area (Å²) < 4.78 is 0. The molecule has 0 aliphatic carbocycles. The molecule has 2 nitrogen and oxygen atoms in total. The van der Waals surface area contributed by atoms with Crippen LogP contribution in [-0.4, -0.2) is 30.6 Å². The zero-order valence-electron chi connectivity index (χ0n) is 10.8. The summed E-state index contributed by atoms with van der Waals surface area (Å²) in [4.78, 5) is 2.56. The number of rotatable bonds is 5. The molecule has 1 heterocycles. The Morgan fingerprint density at radius 2 is 2.13 bits per heavy atom. The molecule has 0 aromatic heterocycles. The Morgan fingerprint density at radius 3 is 2.73 bits per heavy atom. The third kappa shape index (κ3) is 4.98. The topological polar surface area (TPSA) is 29.3 Å². The van der Waals surface area contributed by atoms with Gasteiger partial charge in [-0.2, -0.15) is 0 Å². The van der Waals surface area contributed by atoms with Crippen LogP contribution in [0.1, 0.15) is 52.9 Å². The van der Waals surface area contributed by atoms with Gasteiger partial charge in [-0.25, -0.2) is 0 Å². The van der Waals surface area contributed by atoms with Crippen molar-refractivity contribution in [1.82, 2.24) is 4.90 Å². The second-order valence-corrected chi connectivity index (χ2v) is 5.91. The van der Waals surface area contributed by atoms with Crippen LogP contribution in [0.3, 0.4) is 0 Å². The highest BCUT2D eigenvalue weighted by molar-refractivity contribution is 4.81. The highest BCUT2D eigenvalue weighted by Crippen LogP contribution is 2.28. The Balaban J connectivity index is 2.25. The summed E-state index contributed by atoms with van der Waals surface area (Å²) in [6, 6.07) is 0.388. The largest absolute Gasteiger partial charge is 0.327 e. The lowest BCUT2D eigenvalue weighted by atomic mass is 9.84. The molecule has 0 aromatic carbocycles. The molecular formula is C13H28N2. The van der Waals surface area contributed by atoms with Crippen molar-refractivity contribution in [2.24, 2.45) is 11.1 Å². The molecule has 1 aliphatic heterocycles. The van der Waals surface area contributed by atoms with Crippen LogP contribution in [0.15, 0.2) is 0 Å². The van der Waals surface area contributed by atoms with Gasteiger partial charge in [0.15, 0.2) is 0 Å². The van der Waals surface area contributed by atoms with E-state index in [2.05, 4.69) is 25.7 Å². The zero-order chi connectivity index (χ0) is 11.3. The first-order chi connectivity index (χ1) is 7.03. The lowest BCUT2D eigenvalue weighted by Gasteiger charge is -2.39. The van der Waals surface area contributed by atoms with E-state index in [4.69, 9.17) is 5.73 Å². The quantitative estimate of drug-likeness (QED) is 0.759. The van der Waals surface area contributed by atoms with Crippen molar-refractivity contribution >= 4 is 0 Å². The van der Waals surface area contributed by atoms with Gasteiger partial charge in [-0.05, 0) is 31.2 Å². The maximum Gasteiger partial charge on any atom is 0.0167 e. The molecule has 0 bridgehead atoms. The van der Waals surface area contributed by atoms with Gasteiger partial charge in [0, 0.05) is 19.1 Å². The molecule has 90 valence electrons. The molecule has 15 heavy (non-hydrogen) atoms. The fourth-order valence-electron chi connectivity index (χ4n) is 2.59. The Morgan fingerprint density at radius 1 is 1.40 bits per heavy atom. The van der Waals surface area contributed by atoms with Crippen LogP contribution in [0.4, 0.5) is 0 Å². The Bertz CT molecular complexity index is 177. The van der Waals surface area contributed by atoms with Gasteiger partial charge in [0.25, 0.3) is 0 Å². The molecular weight excluding hydrogens is 184 g/mol. The van der Waals surface area contributed by atoms with E-state index in [0.717, 1.165) is 6.54 Å². The minimum absolute atomic E-state index is 0.388. The van der Waals surface area contributed by atoms with Crippen LogP contribution in [0.2, 0.25) is 0 Å². The summed E-state index contributed by atoms with van der Waals surface area (Å²) in [5.41, 5.74) is 6.64. The van der Waals surface area contributed by atoms with E-state index in [9.17, 15) is 0 Å². The van der Waals surface area contributed by atoms with Crippen molar-refractivity contribution < 1.29 is 0 Å². The monoisotopic (exact) mass is 212 g/mol. The van der Waals surface area contributed by atoms with Crippen LogP contribution >= 0.6 is 0 Å². The van der Waals surface area contributed by atoms with E-state index >= 15 is 0 Å². The van der Waals surface area contributed by atoms with Crippen molar-refractivity contribution in [2.75, 3.05) is 19.6 Å². The molecule has 2 N–H and O–H groups in total. The van der Waals surface area contributed by atoms with Gasteiger partial charge >= 0.3 is 0 Å². The first-order valence-electron chi connectivity index (χ1n) is 6.51. The van der Waals surface area contributed by atoms with Crippen molar-refractivity contribution in [2.45, 2.75) is 58.9 Å². The molecule has 0 spiro atoms. The predicted molar refractivity (Wildman–Crippen MR) is 67.0 cm³/mol. The van der Waals surface area contributed by atoms with Gasteiger partial charge in [-0.3, -0.25) is 0 Å². The molecule has 0 radical (unpaired) electrons. The first-order valence-corrected chi connectivity index (χ1v) is 6.51. The molecule has 1 aliphatic rings. The minimum Gasteiger partial charge on any atom is -0.327 e. The number of hydrogen-bond acceptors (Lipinski definition) is 2. The van der Waals surface area contributed by atoms with Crippen molar-refractivity contribution in [1.29, 1.82) is 0 Å². The zero-order valence-corrected chi connectivity index (χ0v) is 10.8. The number of nitrogens with zero attached hydrogens (tertiary/aromatic N) is 1. The number of piperidine rings is 1. The van der Waals surface area contributed by atoms with Crippen LogP contribution in [-0.2, 0) is 0 Å².